The molecule has 1 N–H and O–H groups in total. The van der Waals surface area contributed by atoms with Crippen LogP contribution in [0.15, 0.2) is 18.3 Å². The zero-order valence-electron chi connectivity index (χ0n) is 8.23. The molecule has 1 heterocycles. The van der Waals surface area contributed by atoms with E-state index in [2.05, 4.69) is 9.72 Å². The van der Waals surface area contributed by atoms with Crippen molar-refractivity contribution in [2.45, 2.75) is 19.4 Å². The smallest absolute Gasteiger partial charge is 0.335 e. The number of carbonyl (C=O) groups is 1. The van der Waals surface area contributed by atoms with Gasteiger partial charge >= 0.3 is 5.97 Å². The fraction of sp³-hybridized carbons (Fsp3) is 0.400. The van der Waals surface area contributed by atoms with Gasteiger partial charge < -0.3 is 9.84 Å². The van der Waals surface area contributed by atoms with Crippen LogP contribution in [0.25, 0.3) is 0 Å². The quantitative estimate of drug-likeness (QED) is 0.712. The molecule has 0 saturated carbocycles. The molecule has 1 aromatic heterocycles. The molecule has 0 fully saturated rings. The molecule has 4 heteroatoms. The number of esters is 1. The van der Waals surface area contributed by atoms with E-state index in [1.807, 2.05) is 19.1 Å². The summed E-state index contributed by atoms with van der Waals surface area (Å²) in [7, 11) is 1.25. The number of aliphatic hydroxyl groups excluding tert-OH is 1. The minimum absolute atomic E-state index is 0.194. The van der Waals surface area contributed by atoms with Gasteiger partial charge in [-0.15, -0.1) is 0 Å². The highest BCUT2D eigenvalue weighted by atomic mass is 16.5. The molecule has 1 atom stereocenters. The number of aryl methyl sites for hydroxylation is 1. The van der Waals surface area contributed by atoms with Crippen molar-refractivity contribution >= 4 is 5.97 Å². The van der Waals surface area contributed by atoms with Gasteiger partial charge in [0, 0.05) is 18.3 Å². The average Bonchev–Trinajstić information content (AvgIpc) is 2.20. The second-order valence-electron chi connectivity index (χ2n) is 3.01. The van der Waals surface area contributed by atoms with Crippen molar-refractivity contribution in [1.82, 2.24) is 4.98 Å². The number of hydrogen-bond acceptors (Lipinski definition) is 4. The maximum atomic E-state index is 10.9. The van der Waals surface area contributed by atoms with Crippen LogP contribution in [-0.2, 0) is 16.0 Å². The average molecular weight is 195 g/mol. The van der Waals surface area contributed by atoms with Crippen LogP contribution in [0.2, 0.25) is 0 Å². The van der Waals surface area contributed by atoms with Crippen molar-refractivity contribution in [2.75, 3.05) is 7.11 Å². The number of hydrogen-bond donors (Lipinski definition) is 1. The zero-order chi connectivity index (χ0) is 10.6. The lowest BCUT2D eigenvalue weighted by atomic mass is 10.1. The van der Waals surface area contributed by atoms with Crippen LogP contribution in [0.5, 0.6) is 0 Å². The summed E-state index contributed by atoms with van der Waals surface area (Å²) in [6.07, 6.45) is 0.694. The van der Waals surface area contributed by atoms with Crippen molar-refractivity contribution in [3.05, 3.63) is 29.6 Å². The molecular formula is C10H13NO3. The Labute approximate surface area is 82.5 Å². The number of aromatic nitrogens is 1. The van der Waals surface area contributed by atoms with Gasteiger partial charge in [0.05, 0.1) is 7.11 Å². The predicted octanol–water partition coefficient (Wildman–Crippen LogP) is 0.466. The van der Waals surface area contributed by atoms with Gasteiger partial charge in [-0.3, -0.25) is 4.98 Å². The fourth-order valence-electron chi connectivity index (χ4n) is 1.13. The molecule has 0 amide bonds. The second kappa shape index (κ2) is 4.72. The van der Waals surface area contributed by atoms with E-state index >= 15 is 0 Å². The number of aliphatic hydroxyl groups is 1. The molecule has 76 valence electrons. The maximum Gasteiger partial charge on any atom is 0.335 e. The summed E-state index contributed by atoms with van der Waals surface area (Å²) < 4.78 is 4.41. The topological polar surface area (TPSA) is 59.4 Å². The Morgan fingerprint density at radius 3 is 3.00 bits per heavy atom. The molecule has 0 bridgehead atoms. The number of carbonyl (C=O) groups excluding carboxylic acids is 1. The molecule has 1 aromatic rings. The lowest BCUT2D eigenvalue weighted by Gasteiger charge is -2.08. The van der Waals surface area contributed by atoms with E-state index in [4.69, 9.17) is 0 Å². The third-order valence-electron chi connectivity index (χ3n) is 1.98. The van der Waals surface area contributed by atoms with Crippen molar-refractivity contribution < 1.29 is 14.6 Å². The van der Waals surface area contributed by atoms with Crippen LogP contribution in [0.1, 0.15) is 11.3 Å². The third-order valence-corrected chi connectivity index (χ3v) is 1.98. The van der Waals surface area contributed by atoms with Crippen LogP contribution in [0, 0.1) is 6.92 Å². The Morgan fingerprint density at radius 1 is 1.71 bits per heavy atom. The normalized spacial score (nSPS) is 12.2. The molecule has 14 heavy (non-hydrogen) atoms. The predicted molar refractivity (Wildman–Crippen MR) is 50.7 cm³/mol. The van der Waals surface area contributed by atoms with Gasteiger partial charge in [-0.1, -0.05) is 6.07 Å². The molecule has 0 aromatic carbocycles. The first kappa shape index (κ1) is 10.7. The standard InChI is InChI=1S/C10H13NO3/c1-7-4-3-5-11-8(7)6-9(12)10(13)14-2/h3-5,9,12H,6H2,1-2H3. The molecule has 0 spiro atoms. The highest BCUT2D eigenvalue weighted by molar-refractivity contribution is 5.74. The molecule has 0 aliphatic rings. The number of methoxy groups -OCH3 is 1. The first-order chi connectivity index (χ1) is 6.65. The maximum absolute atomic E-state index is 10.9. The first-order valence-electron chi connectivity index (χ1n) is 4.31. The summed E-state index contributed by atoms with van der Waals surface area (Å²) in [6, 6.07) is 3.69. The third kappa shape index (κ3) is 2.53. The summed E-state index contributed by atoms with van der Waals surface area (Å²) in [4.78, 5) is 15.0. The van der Waals surface area contributed by atoms with E-state index in [9.17, 15) is 9.90 Å². The molecule has 0 radical (unpaired) electrons. The Bertz CT molecular complexity index is 325. The van der Waals surface area contributed by atoms with Gasteiger partial charge in [0.1, 0.15) is 0 Å². The molecule has 1 unspecified atom stereocenters. The summed E-state index contributed by atoms with van der Waals surface area (Å²) in [6.45, 7) is 1.88. The van der Waals surface area contributed by atoms with Gasteiger partial charge in [-0.25, -0.2) is 4.79 Å². The zero-order valence-corrected chi connectivity index (χ0v) is 8.23. The monoisotopic (exact) mass is 195 g/mol. The number of nitrogens with zero attached hydrogens (tertiary/aromatic N) is 1. The van der Waals surface area contributed by atoms with E-state index in [-0.39, 0.29) is 6.42 Å². The van der Waals surface area contributed by atoms with Crippen molar-refractivity contribution in [3.8, 4) is 0 Å². The number of pyridine rings is 1. The minimum atomic E-state index is -1.13. The van der Waals surface area contributed by atoms with E-state index in [1.54, 1.807) is 6.20 Å². The van der Waals surface area contributed by atoms with E-state index in [0.717, 1.165) is 5.56 Å². The van der Waals surface area contributed by atoms with Crippen LogP contribution in [0.3, 0.4) is 0 Å². The Kier molecular flexibility index (Phi) is 3.59. The van der Waals surface area contributed by atoms with E-state index < -0.39 is 12.1 Å². The van der Waals surface area contributed by atoms with Gasteiger partial charge in [0.15, 0.2) is 6.10 Å². The SMILES string of the molecule is COC(=O)C(O)Cc1ncccc1C. The van der Waals surface area contributed by atoms with Gasteiger partial charge in [0.25, 0.3) is 0 Å². The Morgan fingerprint density at radius 2 is 2.43 bits per heavy atom. The number of rotatable bonds is 3. The molecule has 0 saturated heterocycles. The van der Waals surface area contributed by atoms with Crippen molar-refractivity contribution in [2.24, 2.45) is 0 Å². The van der Waals surface area contributed by atoms with Crippen molar-refractivity contribution in [3.63, 3.8) is 0 Å². The van der Waals surface area contributed by atoms with E-state index in [1.165, 1.54) is 7.11 Å². The second-order valence-corrected chi connectivity index (χ2v) is 3.01. The highest BCUT2D eigenvalue weighted by Crippen LogP contribution is 2.06. The Hall–Kier alpha value is -1.42. The van der Waals surface area contributed by atoms with Gasteiger partial charge in [-0.05, 0) is 18.6 Å². The van der Waals surface area contributed by atoms with Gasteiger partial charge in [-0.2, -0.15) is 0 Å². The summed E-state index contributed by atoms with van der Waals surface area (Å²) in [5.41, 5.74) is 1.67. The molecule has 4 nitrogen and oxygen atoms in total. The van der Waals surface area contributed by atoms with Crippen molar-refractivity contribution in [1.29, 1.82) is 0 Å². The molecule has 0 aliphatic heterocycles. The fourth-order valence-corrected chi connectivity index (χ4v) is 1.13. The van der Waals surface area contributed by atoms with Gasteiger partial charge in [0.2, 0.25) is 0 Å². The first-order valence-corrected chi connectivity index (χ1v) is 4.31. The van der Waals surface area contributed by atoms with Crippen LogP contribution in [-0.4, -0.2) is 29.3 Å². The molecular weight excluding hydrogens is 182 g/mol. The largest absolute Gasteiger partial charge is 0.467 e. The highest BCUT2D eigenvalue weighted by Gasteiger charge is 2.17. The molecule has 1 rings (SSSR count). The lowest BCUT2D eigenvalue weighted by Crippen LogP contribution is -2.24. The summed E-state index contributed by atoms with van der Waals surface area (Å²) >= 11 is 0. The summed E-state index contributed by atoms with van der Waals surface area (Å²) in [5.74, 6) is -0.630. The van der Waals surface area contributed by atoms with Crippen LogP contribution < -0.4 is 0 Å². The van der Waals surface area contributed by atoms with Crippen LogP contribution in [0.4, 0.5) is 0 Å². The minimum Gasteiger partial charge on any atom is -0.467 e. The van der Waals surface area contributed by atoms with Crippen LogP contribution >= 0.6 is 0 Å². The molecule has 0 aliphatic carbocycles. The lowest BCUT2D eigenvalue weighted by molar-refractivity contribution is -0.150. The summed E-state index contributed by atoms with van der Waals surface area (Å²) in [5, 5.41) is 9.38. The Balaban J connectivity index is 2.69. The van der Waals surface area contributed by atoms with E-state index in [0.29, 0.717) is 5.69 Å². The number of ether oxygens (including phenoxy) is 1.